The quantitative estimate of drug-likeness (QED) is 0.0457. The van der Waals surface area contributed by atoms with Gasteiger partial charge >= 0.3 is 23.5 Å². The Balaban J connectivity index is 1.56. The predicted molar refractivity (Wildman–Crippen MR) is 187 cm³/mol. The summed E-state index contributed by atoms with van der Waals surface area (Å²) in [5, 5.41) is 26.4. The molecule has 7 unspecified atom stereocenters. The smallest absolute Gasteiger partial charge is 0.385 e. The maximum absolute atomic E-state index is 12.7. The van der Waals surface area contributed by atoms with E-state index in [9.17, 15) is 57.9 Å². The standard InChI is InChI=1S/C26H42N7O17P3S/c1-5-6-17(35)54-10-9-28-16(34)7-8-29-24(38)21(37)25(2,3)12-47-53(44,45)50-52(42,43)46-11-15-19(49-51(39,40)41)20(36)26(4,48-15)33-14-32-18-22(27)30-13-31-23(18)33/h5-6,13-15,19-21,36-37H,7-12H2,1-4H3,(H,28,34)(H,29,38)(H,42,43)(H,44,45)(H2,27,30,31)(H2,39,40,41). The van der Waals surface area contributed by atoms with E-state index in [1.165, 1.54) is 26.8 Å². The van der Waals surface area contributed by atoms with Crippen LogP contribution in [0.5, 0.6) is 0 Å². The van der Waals surface area contributed by atoms with E-state index in [1.54, 1.807) is 13.0 Å². The van der Waals surface area contributed by atoms with Gasteiger partial charge in [-0.3, -0.25) is 32.5 Å². The summed E-state index contributed by atoms with van der Waals surface area (Å²) in [4.78, 5) is 87.1. The van der Waals surface area contributed by atoms with E-state index in [1.807, 2.05) is 0 Å². The number of anilines is 1. The Hall–Kier alpha value is -2.70. The van der Waals surface area contributed by atoms with Crippen molar-refractivity contribution in [2.45, 2.75) is 64.3 Å². The van der Waals surface area contributed by atoms with Crippen LogP contribution >= 0.6 is 35.2 Å². The summed E-state index contributed by atoms with van der Waals surface area (Å²) in [5.41, 5.74) is 2.30. The molecule has 2 amide bonds. The lowest BCUT2D eigenvalue weighted by Gasteiger charge is -2.30. The minimum Gasteiger partial charge on any atom is -0.385 e. The number of fused-ring (bicyclic) bond motifs is 1. The van der Waals surface area contributed by atoms with E-state index in [2.05, 4.69) is 29.9 Å². The van der Waals surface area contributed by atoms with Crippen LogP contribution in [0.4, 0.5) is 5.82 Å². The van der Waals surface area contributed by atoms with Crippen molar-refractivity contribution in [3.05, 3.63) is 24.8 Å². The van der Waals surface area contributed by atoms with Crippen molar-refractivity contribution >= 4 is 69.1 Å². The maximum atomic E-state index is 12.7. The van der Waals surface area contributed by atoms with Crippen LogP contribution in [-0.2, 0) is 56.4 Å². The molecule has 0 aliphatic carbocycles. The van der Waals surface area contributed by atoms with Crippen molar-refractivity contribution in [1.29, 1.82) is 0 Å². The largest absolute Gasteiger partial charge is 0.481 e. The topological polar surface area (TPSA) is 364 Å². The Kier molecular flexibility index (Phi) is 15.6. The number of amides is 2. The van der Waals surface area contributed by atoms with Crippen molar-refractivity contribution < 1.29 is 80.5 Å². The molecule has 2 aromatic rings. The van der Waals surface area contributed by atoms with Gasteiger partial charge in [-0.05, 0) is 19.9 Å². The fourth-order valence-electron chi connectivity index (χ4n) is 4.78. The molecule has 28 heteroatoms. The van der Waals surface area contributed by atoms with Crippen LogP contribution in [0.2, 0.25) is 0 Å². The van der Waals surface area contributed by atoms with E-state index in [0.717, 1.165) is 29.0 Å². The van der Waals surface area contributed by atoms with Crippen LogP contribution in [0, 0.1) is 5.41 Å². The third-order valence-electron chi connectivity index (χ3n) is 7.53. The number of ether oxygens (including phenoxy) is 1. The number of phosphoric acid groups is 3. The Labute approximate surface area is 311 Å². The Morgan fingerprint density at radius 1 is 1.11 bits per heavy atom. The van der Waals surface area contributed by atoms with Gasteiger partial charge in [-0.1, -0.05) is 31.7 Å². The van der Waals surface area contributed by atoms with Crippen molar-refractivity contribution in [2.75, 3.05) is 37.8 Å². The van der Waals surface area contributed by atoms with E-state index in [4.69, 9.17) is 24.0 Å². The Morgan fingerprint density at radius 3 is 2.43 bits per heavy atom. The summed E-state index contributed by atoms with van der Waals surface area (Å²) in [6.45, 7) is 3.39. The van der Waals surface area contributed by atoms with Gasteiger partial charge in [-0.2, -0.15) is 4.31 Å². The third kappa shape index (κ3) is 12.7. The molecule has 10 N–H and O–H groups in total. The number of imidazole rings is 1. The molecular formula is C26H42N7O17P3S. The second-order valence-corrected chi connectivity index (χ2v) is 17.6. The van der Waals surface area contributed by atoms with Gasteiger partial charge in [0.15, 0.2) is 17.2 Å². The molecule has 3 heterocycles. The molecule has 24 nitrogen and oxygen atoms in total. The molecule has 0 bridgehead atoms. The molecule has 304 valence electrons. The molecule has 0 saturated carbocycles. The van der Waals surface area contributed by atoms with E-state index >= 15 is 0 Å². The summed E-state index contributed by atoms with van der Waals surface area (Å²) in [6, 6.07) is 0. The number of carbonyl (C=O) groups excluding carboxylic acids is 3. The lowest BCUT2D eigenvalue weighted by Crippen LogP contribution is -2.46. The zero-order valence-electron chi connectivity index (χ0n) is 29.2. The normalized spacial score (nSPS) is 23.6. The van der Waals surface area contributed by atoms with Crippen molar-refractivity contribution in [1.82, 2.24) is 30.2 Å². The van der Waals surface area contributed by atoms with Crippen molar-refractivity contribution in [3.8, 4) is 0 Å². The maximum Gasteiger partial charge on any atom is 0.481 e. The van der Waals surface area contributed by atoms with Crippen molar-refractivity contribution in [3.63, 3.8) is 0 Å². The van der Waals surface area contributed by atoms with Crippen LogP contribution in [0.25, 0.3) is 11.2 Å². The van der Waals surface area contributed by atoms with Crippen molar-refractivity contribution in [2.24, 2.45) is 5.41 Å². The molecule has 0 aromatic carbocycles. The highest BCUT2D eigenvalue weighted by Gasteiger charge is 2.57. The van der Waals surface area contributed by atoms with Crippen LogP contribution < -0.4 is 16.4 Å². The second kappa shape index (κ2) is 18.5. The molecule has 1 fully saturated rings. The lowest BCUT2D eigenvalue weighted by atomic mass is 9.87. The molecule has 54 heavy (non-hydrogen) atoms. The van der Waals surface area contributed by atoms with Gasteiger partial charge in [0, 0.05) is 30.7 Å². The van der Waals surface area contributed by atoms with Crippen LogP contribution in [0.15, 0.2) is 24.8 Å². The van der Waals surface area contributed by atoms with E-state index in [0.29, 0.717) is 5.75 Å². The monoisotopic (exact) mass is 849 g/mol. The molecule has 1 saturated heterocycles. The SMILES string of the molecule is CC=CC(=O)SCCNC(=O)CCNC(=O)C(O)C(C)(C)COP(=O)(O)OP(=O)(O)OCC1OC(C)(n2cnc3c(N)ncnc32)C(O)C1OP(=O)(O)O. The van der Waals surface area contributed by atoms with E-state index in [-0.39, 0.29) is 41.6 Å². The van der Waals surface area contributed by atoms with Crippen LogP contribution in [0.3, 0.4) is 0 Å². The minimum atomic E-state index is -5.59. The number of hydrogen-bond acceptors (Lipinski definition) is 18. The Morgan fingerprint density at radius 2 is 1.78 bits per heavy atom. The number of nitrogens with one attached hydrogen (secondary N) is 2. The summed E-state index contributed by atoms with van der Waals surface area (Å²) < 4.78 is 62.5. The number of aromatic nitrogens is 4. The molecule has 3 rings (SSSR count). The number of phosphoric ester groups is 3. The first kappa shape index (κ1) is 45.7. The zero-order valence-corrected chi connectivity index (χ0v) is 32.7. The minimum absolute atomic E-state index is 0.0185. The molecule has 1 aliphatic rings. The number of allylic oxidation sites excluding steroid dienone is 1. The van der Waals surface area contributed by atoms with Crippen LogP contribution in [-0.4, -0.2) is 123 Å². The van der Waals surface area contributed by atoms with Gasteiger partial charge in [0.05, 0.1) is 19.5 Å². The average molecular weight is 850 g/mol. The number of nitrogen functional groups attached to an aromatic ring is 1. The molecule has 7 atom stereocenters. The highest BCUT2D eigenvalue weighted by atomic mass is 32.2. The van der Waals surface area contributed by atoms with Gasteiger partial charge in [-0.15, -0.1) is 0 Å². The first-order valence-corrected chi connectivity index (χ1v) is 21.1. The number of aliphatic hydroxyl groups excluding tert-OH is 2. The fraction of sp³-hybridized carbons (Fsp3) is 0.615. The third-order valence-corrected chi connectivity index (χ3v) is 11.5. The number of nitrogens with zero attached hydrogens (tertiary/aromatic N) is 4. The fourth-order valence-corrected chi connectivity index (χ4v) is 8.24. The number of rotatable bonds is 20. The molecular weight excluding hydrogens is 807 g/mol. The zero-order chi connectivity index (χ0) is 40.7. The average Bonchev–Trinajstić information content (AvgIpc) is 3.60. The number of aliphatic hydroxyl groups is 2. The highest BCUT2D eigenvalue weighted by Crippen LogP contribution is 2.61. The van der Waals surface area contributed by atoms with Gasteiger partial charge in [0.2, 0.25) is 16.9 Å². The number of thioether (sulfide) groups is 1. The summed E-state index contributed by atoms with van der Waals surface area (Å²) in [7, 11) is -16.4. The molecule has 0 radical (unpaired) electrons. The first-order chi connectivity index (χ1) is 24.9. The predicted octanol–water partition coefficient (Wildman–Crippen LogP) is -0.585. The molecule has 0 spiro atoms. The van der Waals surface area contributed by atoms with Crippen LogP contribution in [0.1, 0.15) is 34.1 Å². The summed E-state index contributed by atoms with van der Waals surface area (Å²) in [5.74, 6) is -1.14. The van der Waals surface area contributed by atoms with E-state index < -0.39 is 84.1 Å². The summed E-state index contributed by atoms with van der Waals surface area (Å²) in [6.07, 6.45) is -2.53. The first-order valence-electron chi connectivity index (χ1n) is 15.6. The van der Waals surface area contributed by atoms with Gasteiger partial charge < -0.3 is 50.9 Å². The molecule has 1 aliphatic heterocycles. The molecule has 2 aromatic heterocycles. The number of hydrogen-bond donors (Lipinski definition) is 9. The lowest BCUT2D eigenvalue weighted by molar-refractivity contribution is -0.137. The Bertz CT molecular complexity index is 1840. The summed E-state index contributed by atoms with van der Waals surface area (Å²) >= 11 is 1.01. The number of carbonyl (C=O) groups is 3. The highest BCUT2D eigenvalue weighted by molar-refractivity contribution is 8.14. The number of nitrogens with two attached hydrogens (primary N) is 1. The second-order valence-electron chi connectivity index (χ2n) is 12.3. The van der Waals surface area contributed by atoms with Gasteiger partial charge in [0.25, 0.3) is 0 Å². The van der Waals surface area contributed by atoms with Gasteiger partial charge in [-0.25, -0.2) is 28.6 Å². The van der Waals surface area contributed by atoms with Gasteiger partial charge in [0.1, 0.15) is 36.3 Å².